The molecule has 0 aliphatic rings. The van der Waals surface area contributed by atoms with Gasteiger partial charge in [0.2, 0.25) is 11.6 Å². The molecule has 0 spiro atoms. The first-order valence-electron chi connectivity index (χ1n) is 9.96. The van der Waals surface area contributed by atoms with E-state index in [2.05, 4.69) is 20.4 Å². The van der Waals surface area contributed by atoms with Crippen LogP contribution in [0.4, 0.5) is 23.1 Å². The zero-order valence-electron chi connectivity index (χ0n) is 18.1. The maximum absolute atomic E-state index is 12.6. The van der Waals surface area contributed by atoms with Crippen LogP contribution in [-0.2, 0) is 4.74 Å². The minimum absolute atomic E-state index is 0.0488. The number of pyridine rings is 1. The highest BCUT2D eigenvalue weighted by molar-refractivity contribution is 5.96. The first kappa shape index (κ1) is 21.6. The molecule has 0 aliphatic carbocycles. The van der Waals surface area contributed by atoms with E-state index in [-0.39, 0.29) is 29.6 Å². The fraction of sp³-hybridized carbons (Fsp3) is 0.190. The van der Waals surface area contributed by atoms with E-state index in [1.165, 1.54) is 10.9 Å². The van der Waals surface area contributed by atoms with Crippen LogP contribution in [0.25, 0.3) is 16.7 Å². The molecule has 3 aromatic heterocycles. The predicted octanol–water partition coefficient (Wildman–Crippen LogP) is 3.24. The molecule has 33 heavy (non-hydrogen) atoms. The van der Waals surface area contributed by atoms with Crippen molar-refractivity contribution in [3.05, 3.63) is 63.6 Å². The fourth-order valence-electron chi connectivity index (χ4n) is 3.43. The van der Waals surface area contributed by atoms with E-state index in [1.807, 2.05) is 32.0 Å². The molecule has 0 saturated heterocycles. The SMILES string of the molecule is CCOC(=O)c1cnn(-c2cc(C)c3cccc(C)c3n2)c1Nc1ncnc(N)c1[N+](=O)[O-]. The number of nitrogens with one attached hydrogen (secondary N) is 1. The predicted molar refractivity (Wildman–Crippen MR) is 121 cm³/mol. The molecule has 0 amide bonds. The number of nitrogen functional groups attached to an aromatic ring is 1. The second kappa shape index (κ2) is 8.49. The Labute approximate surface area is 187 Å². The van der Waals surface area contributed by atoms with Crippen molar-refractivity contribution in [2.24, 2.45) is 0 Å². The minimum atomic E-state index is -0.704. The van der Waals surface area contributed by atoms with Crippen LogP contribution < -0.4 is 11.1 Å². The van der Waals surface area contributed by atoms with E-state index in [4.69, 9.17) is 15.5 Å². The summed E-state index contributed by atoms with van der Waals surface area (Å²) >= 11 is 0. The maximum atomic E-state index is 12.6. The van der Waals surface area contributed by atoms with Crippen LogP contribution in [0.2, 0.25) is 0 Å². The van der Waals surface area contributed by atoms with Gasteiger partial charge in [0.05, 0.1) is 23.2 Å². The normalized spacial score (nSPS) is 10.9. The van der Waals surface area contributed by atoms with Crippen LogP contribution in [0.15, 0.2) is 36.8 Å². The van der Waals surface area contributed by atoms with Crippen molar-refractivity contribution in [1.82, 2.24) is 24.7 Å². The molecule has 1 aromatic carbocycles. The van der Waals surface area contributed by atoms with Crippen LogP contribution in [0.5, 0.6) is 0 Å². The molecule has 168 valence electrons. The van der Waals surface area contributed by atoms with Gasteiger partial charge in [-0.3, -0.25) is 10.1 Å². The van der Waals surface area contributed by atoms with E-state index in [1.54, 1.807) is 13.0 Å². The summed E-state index contributed by atoms with van der Waals surface area (Å²) < 4.78 is 6.49. The topological polar surface area (TPSA) is 164 Å². The van der Waals surface area contributed by atoms with Crippen molar-refractivity contribution >= 4 is 40.0 Å². The number of para-hydroxylation sites is 1. The Morgan fingerprint density at radius 1 is 1.27 bits per heavy atom. The highest BCUT2D eigenvalue weighted by Crippen LogP contribution is 2.32. The smallest absolute Gasteiger partial charge is 0.353 e. The second-order valence-corrected chi connectivity index (χ2v) is 7.15. The van der Waals surface area contributed by atoms with Gasteiger partial charge in [0.15, 0.2) is 11.6 Å². The maximum Gasteiger partial charge on any atom is 0.353 e. The number of anilines is 3. The van der Waals surface area contributed by atoms with E-state index in [9.17, 15) is 14.9 Å². The van der Waals surface area contributed by atoms with Gasteiger partial charge in [0.25, 0.3) is 0 Å². The summed E-state index contributed by atoms with van der Waals surface area (Å²) in [6, 6.07) is 7.66. The van der Waals surface area contributed by atoms with Gasteiger partial charge >= 0.3 is 11.7 Å². The summed E-state index contributed by atoms with van der Waals surface area (Å²) in [7, 11) is 0. The molecule has 12 heteroatoms. The lowest BCUT2D eigenvalue weighted by atomic mass is 10.1. The molecule has 12 nitrogen and oxygen atoms in total. The number of nitrogens with two attached hydrogens (primary N) is 1. The number of hydrogen-bond donors (Lipinski definition) is 2. The molecule has 3 N–H and O–H groups in total. The Balaban J connectivity index is 1.93. The van der Waals surface area contributed by atoms with Crippen molar-refractivity contribution < 1.29 is 14.5 Å². The largest absolute Gasteiger partial charge is 0.462 e. The Morgan fingerprint density at radius 2 is 2.06 bits per heavy atom. The fourth-order valence-corrected chi connectivity index (χ4v) is 3.43. The number of nitrogens with zero attached hydrogens (tertiary/aromatic N) is 6. The average Bonchev–Trinajstić information content (AvgIpc) is 3.18. The molecule has 4 aromatic rings. The molecule has 0 atom stereocenters. The Bertz CT molecular complexity index is 1400. The van der Waals surface area contributed by atoms with Gasteiger partial charge < -0.3 is 15.8 Å². The van der Waals surface area contributed by atoms with Crippen LogP contribution >= 0.6 is 0 Å². The number of aryl methyl sites for hydroxylation is 2. The first-order valence-corrected chi connectivity index (χ1v) is 9.96. The molecule has 0 fully saturated rings. The Morgan fingerprint density at radius 3 is 2.79 bits per heavy atom. The van der Waals surface area contributed by atoms with Gasteiger partial charge in [0.1, 0.15) is 11.9 Å². The third kappa shape index (κ3) is 3.89. The van der Waals surface area contributed by atoms with Crippen molar-refractivity contribution in [1.29, 1.82) is 0 Å². The number of esters is 1. The zero-order chi connectivity index (χ0) is 23.7. The molecular formula is C21H20N8O4. The van der Waals surface area contributed by atoms with Crippen molar-refractivity contribution in [3.63, 3.8) is 0 Å². The molecule has 0 bridgehead atoms. The summed E-state index contributed by atoms with van der Waals surface area (Å²) in [5.41, 5.74) is 7.87. The highest BCUT2D eigenvalue weighted by Gasteiger charge is 2.26. The van der Waals surface area contributed by atoms with Gasteiger partial charge in [-0.2, -0.15) is 9.78 Å². The molecule has 0 radical (unpaired) electrons. The minimum Gasteiger partial charge on any atom is -0.462 e. The van der Waals surface area contributed by atoms with E-state index in [0.29, 0.717) is 5.82 Å². The van der Waals surface area contributed by atoms with Gasteiger partial charge in [-0.05, 0) is 38.0 Å². The quantitative estimate of drug-likeness (QED) is 0.254. The van der Waals surface area contributed by atoms with Crippen LogP contribution in [0, 0.1) is 24.0 Å². The van der Waals surface area contributed by atoms with Gasteiger partial charge in [0, 0.05) is 5.39 Å². The van der Waals surface area contributed by atoms with Gasteiger partial charge in [-0.15, -0.1) is 0 Å². The number of aromatic nitrogens is 5. The third-order valence-electron chi connectivity index (χ3n) is 4.99. The van der Waals surface area contributed by atoms with Gasteiger partial charge in [-0.25, -0.2) is 19.7 Å². The summed E-state index contributed by atoms with van der Waals surface area (Å²) in [6.07, 6.45) is 2.38. The number of hydrogen-bond acceptors (Lipinski definition) is 10. The number of nitro groups is 1. The Hall–Kier alpha value is -4.61. The lowest BCUT2D eigenvalue weighted by Gasteiger charge is -2.13. The van der Waals surface area contributed by atoms with Crippen LogP contribution in [0.3, 0.4) is 0 Å². The number of rotatable bonds is 6. The lowest BCUT2D eigenvalue weighted by Crippen LogP contribution is -2.12. The molecule has 0 unspecified atom stereocenters. The molecular weight excluding hydrogens is 428 g/mol. The standard InChI is InChI=1S/C21H20N8O4/c1-4-33-21(30)14-9-25-28(15-8-12(3)13-7-5-6-11(2)16(13)26-15)20(14)27-19-17(29(31)32)18(22)23-10-24-19/h5-10H,4H2,1-3H3,(H3,22,23,24,27). The molecule has 3 heterocycles. The lowest BCUT2D eigenvalue weighted by molar-refractivity contribution is -0.383. The van der Waals surface area contributed by atoms with Crippen molar-refractivity contribution in [3.8, 4) is 5.82 Å². The molecule has 4 rings (SSSR count). The summed E-state index contributed by atoms with van der Waals surface area (Å²) in [5.74, 6) is -0.693. The Kier molecular flexibility index (Phi) is 5.56. The van der Waals surface area contributed by atoms with Crippen molar-refractivity contribution in [2.45, 2.75) is 20.8 Å². The number of carbonyl (C=O) groups is 1. The van der Waals surface area contributed by atoms with Crippen molar-refractivity contribution in [2.75, 3.05) is 17.7 Å². The zero-order valence-corrected chi connectivity index (χ0v) is 18.1. The van der Waals surface area contributed by atoms with E-state index in [0.717, 1.165) is 28.4 Å². The first-order chi connectivity index (χ1) is 15.8. The van der Waals surface area contributed by atoms with Crippen LogP contribution in [-0.4, -0.2) is 42.2 Å². The summed E-state index contributed by atoms with van der Waals surface area (Å²) in [5, 5.41) is 19.7. The summed E-state index contributed by atoms with van der Waals surface area (Å²) in [4.78, 5) is 35.8. The molecule has 0 aliphatic heterocycles. The van der Waals surface area contributed by atoms with Crippen LogP contribution in [0.1, 0.15) is 28.4 Å². The monoisotopic (exact) mass is 448 g/mol. The highest BCUT2D eigenvalue weighted by atomic mass is 16.6. The van der Waals surface area contributed by atoms with E-state index >= 15 is 0 Å². The number of carbonyl (C=O) groups excluding carboxylic acids is 1. The number of fused-ring (bicyclic) bond motifs is 1. The summed E-state index contributed by atoms with van der Waals surface area (Å²) in [6.45, 7) is 5.68. The second-order valence-electron chi connectivity index (χ2n) is 7.15. The molecule has 0 saturated carbocycles. The average molecular weight is 448 g/mol. The number of benzene rings is 1. The third-order valence-corrected chi connectivity index (χ3v) is 4.99. The number of ether oxygens (including phenoxy) is 1. The van der Waals surface area contributed by atoms with Gasteiger partial charge in [-0.1, -0.05) is 18.2 Å². The van der Waals surface area contributed by atoms with E-state index < -0.39 is 16.6 Å².